The van der Waals surface area contributed by atoms with Crippen LogP contribution < -0.4 is 5.73 Å². The fourth-order valence-electron chi connectivity index (χ4n) is 1.49. The molecule has 1 saturated heterocycles. The molecular weight excluding hydrogens is 263 g/mol. The summed E-state index contributed by atoms with van der Waals surface area (Å²) in [7, 11) is 0. The number of halogens is 2. The molecule has 0 atom stereocenters. The van der Waals surface area contributed by atoms with Gasteiger partial charge >= 0.3 is 0 Å². The van der Waals surface area contributed by atoms with Crippen LogP contribution in [0.4, 0.5) is 4.39 Å². The molecule has 0 spiro atoms. The number of amides is 1. The van der Waals surface area contributed by atoms with E-state index in [9.17, 15) is 9.18 Å². The van der Waals surface area contributed by atoms with E-state index in [-0.39, 0.29) is 17.8 Å². The first-order chi connectivity index (χ1) is 7.08. The second-order valence-corrected chi connectivity index (χ2v) is 4.45. The molecule has 80 valence electrons. The average molecular weight is 273 g/mol. The molecule has 1 aromatic rings. The molecule has 2 rings (SSSR count). The van der Waals surface area contributed by atoms with Crippen molar-refractivity contribution in [1.82, 2.24) is 4.90 Å². The van der Waals surface area contributed by atoms with Crippen molar-refractivity contribution in [2.45, 2.75) is 6.04 Å². The van der Waals surface area contributed by atoms with E-state index in [1.54, 1.807) is 4.90 Å². The fourth-order valence-corrected chi connectivity index (χ4v) is 1.87. The highest BCUT2D eigenvalue weighted by atomic mass is 79.9. The Balaban J connectivity index is 2.16. The molecule has 1 heterocycles. The summed E-state index contributed by atoms with van der Waals surface area (Å²) in [5, 5.41) is 0. The Morgan fingerprint density at radius 3 is 2.73 bits per heavy atom. The molecule has 1 aliphatic heterocycles. The maximum absolute atomic E-state index is 12.9. The maximum Gasteiger partial charge on any atom is 0.254 e. The molecule has 5 heteroatoms. The van der Waals surface area contributed by atoms with Crippen LogP contribution >= 0.6 is 15.9 Å². The third-order valence-electron chi connectivity index (χ3n) is 2.36. The highest BCUT2D eigenvalue weighted by molar-refractivity contribution is 9.10. The van der Waals surface area contributed by atoms with Crippen LogP contribution in [0.2, 0.25) is 0 Å². The quantitative estimate of drug-likeness (QED) is 0.840. The summed E-state index contributed by atoms with van der Waals surface area (Å²) < 4.78 is 13.2. The lowest BCUT2D eigenvalue weighted by molar-refractivity contribution is 0.0608. The normalized spacial score (nSPS) is 16.3. The standard InChI is InChI=1S/C10H10BrFN2O/c11-8-3-6(1-2-9(8)12)10(15)14-4-7(13)5-14/h1-3,7H,4-5,13H2. The van der Waals surface area contributed by atoms with Gasteiger partial charge in [-0.3, -0.25) is 4.79 Å². The first kappa shape index (κ1) is 10.6. The van der Waals surface area contributed by atoms with Gasteiger partial charge in [0.05, 0.1) is 4.47 Å². The number of hydrogen-bond donors (Lipinski definition) is 1. The van der Waals surface area contributed by atoms with Crippen molar-refractivity contribution in [3.8, 4) is 0 Å². The van der Waals surface area contributed by atoms with Crippen LogP contribution in [0.15, 0.2) is 22.7 Å². The molecular formula is C10H10BrFN2O. The van der Waals surface area contributed by atoms with E-state index in [1.807, 2.05) is 0 Å². The Kier molecular flexibility index (Phi) is 2.75. The van der Waals surface area contributed by atoms with Crippen molar-refractivity contribution in [3.05, 3.63) is 34.1 Å². The van der Waals surface area contributed by atoms with Crippen LogP contribution in [-0.4, -0.2) is 29.9 Å². The molecule has 1 aromatic carbocycles. The van der Waals surface area contributed by atoms with Gasteiger partial charge in [0.15, 0.2) is 0 Å². The van der Waals surface area contributed by atoms with Crippen molar-refractivity contribution < 1.29 is 9.18 Å². The van der Waals surface area contributed by atoms with Gasteiger partial charge < -0.3 is 10.6 Å². The van der Waals surface area contributed by atoms with Gasteiger partial charge in [0, 0.05) is 24.7 Å². The summed E-state index contributed by atoms with van der Waals surface area (Å²) in [5.41, 5.74) is 6.06. The number of carbonyl (C=O) groups is 1. The molecule has 2 N–H and O–H groups in total. The van der Waals surface area contributed by atoms with Gasteiger partial charge in [-0.2, -0.15) is 0 Å². The summed E-state index contributed by atoms with van der Waals surface area (Å²) >= 11 is 3.04. The fraction of sp³-hybridized carbons (Fsp3) is 0.300. The van der Waals surface area contributed by atoms with Gasteiger partial charge in [-0.15, -0.1) is 0 Å². The Labute approximate surface area is 95.2 Å². The van der Waals surface area contributed by atoms with Gasteiger partial charge in [-0.05, 0) is 34.1 Å². The minimum absolute atomic E-state index is 0.0813. The van der Waals surface area contributed by atoms with Crippen molar-refractivity contribution in [2.24, 2.45) is 5.73 Å². The number of carbonyl (C=O) groups excluding carboxylic acids is 1. The molecule has 1 aliphatic rings. The third kappa shape index (κ3) is 2.03. The van der Waals surface area contributed by atoms with Crippen molar-refractivity contribution in [2.75, 3.05) is 13.1 Å². The van der Waals surface area contributed by atoms with Crippen LogP contribution in [0.5, 0.6) is 0 Å². The van der Waals surface area contributed by atoms with Crippen LogP contribution in [0, 0.1) is 5.82 Å². The zero-order chi connectivity index (χ0) is 11.0. The molecule has 1 fully saturated rings. The molecule has 0 aromatic heterocycles. The maximum atomic E-state index is 12.9. The summed E-state index contributed by atoms with van der Waals surface area (Å²) in [6.45, 7) is 1.15. The predicted octanol–water partition coefficient (Wildman–Crippen LogP) is 1.37. The topological polar surface area (TPSA) is 46.3 Å². The Bertz CT molecular complexity index is 404. The van der Waals surface area contributed by atoms with Gasteiger partial charge in [0.2, 0.25) is 0 Å². The predicted molar refractivity (Wildman–Crippen MR) is 58.0 cm³/mol. The van der Waals surface area contributed by atoms with Crippen molar-refractivity contribution in [3.63, 3.8) is 0 Å². The molecule has 0 bridgehead atoms. The largest absolute Gasteiger partial charge is 0.335 e. The van der Waals surface area contributed by atoms with E-state index < -0.39 is 0 Å². The van der Waals surface area contributed by atoms with E-state index in [0.717, 1.165) is 0 Å². The smallest absolute Gasteiger partial charge is 0.254 e. The van der Waals surface area contributed by atoms with E-state index in [0.29, 0.717) is 23.1 Å². The molecule has 0 aliphatic carbocycles. The van der Waals surface area contributed by atoms with Gasteiger partial charge in [-0.1, -0.05) is 0 Å². The second-order valence-electron chi connectivity index (χ2n) is 3.60. The number of nitrogens with zero attached hydrogens (tertiary/aromatic N) is 1. The Morgan fingerprint density at radius 1 is 1.53 bits per heavy atom. The van der Waals surface area contributed by atoms with Crippen LogP contribution in [0.3, 0.4) is 0 Å². The third-order valence-corrected chi connectivity index (χ3v) is 2.97. The van der Waals surface area contributed by atoms with E-state index in [2.05, 4.69) is 15.9 Å². The lowest BCUT2D eigenvalue weighted by Crippen LogP contribution is -2.57. The van der Waals surface area contributed by atoms with Gasteiger partial charge in [0.25, 0.3) is 5.91 Å². The zero-order valence-corrected chi connectivity index (χ0v) is 9.50. The van der Waals surface area contributed by atoms with Crippen LogP contribution in [0.1, 0.15) is 10.4 Å². The first-order valence-corrected chi connectivity index (χ1v) is 5.37. The summed E-state index contributed by atoms with van der Waals surface area (Å²) in [4.78, 5) is 13.4. The van der Waals surface area contributed by atoms with E-state index in [4.69, 9.17) is 5.73 Å². The second kappa shape index (κ2) is 3.90. The van der Waals surface area contributed by atoms with Crippen molar-refractivity contribution >= 4 is 21.8 Å². The minimum Gasteiger partial charge on any atom is -0.335 e. The Hall–Kier alpha value is -0.940. The Morgan fingerprint density at radius 2 is 2.20 bits per heavy atom. The van der Waals surface area contributed by atoms with E-state index >= 15 is 0 Å². The van der Waals surface area contributed by atoms with Gasteiger partial charge in [0.1, 0.15) is 5.82 Å². The lowest BCUT2D eigenvalue weighted by Gasteiger charge is -2.36. The van der Waals surface area contributed by atoms with Crippen LogP contribution in [-0.2, 0) is 0 Å². The number of benzene rings is 1. The SMILES string of the molecule is NC1CN(C(=O)c2ccc(F)c(Br)c2)C1. The molecule has 0 saturated carbocycles. The molecule has 0 unspecified atom stereocenters. The summed E-state index contributed by atoms with van der Waals surface area (Å²) in [6, 6.07) is 4.32. The van der Waals surface area contributed by atoms with Crippen molar-refractivity contribution in [1.29, 1.82) is 0 Å². The van der Waals surface area contributed by atoms with Crippen LogP contribution in [0.25, 0.3) is 0 Å². The highest BCUT2D eigenvalue weighted by Crippen LogP contribution is 2.19. The summed E-state index contributed by atoms with van der Waals surface area (Å²) in [6.07, 6.45) is 0. The number of likely N-dealkylation sites (tertiary alicyclic amines) is 1. The van der Waals surface area contributed by atoms with E-state index in [1.165, 1.54) is 18.2 Å². The molecule has 3 nitrogen and oxygen atoms in total. The average Bonchev–Trinajstić information content (AvgIpc) is 2.16. The number of nitrogens with two attached hydrogens (primary N) is 1. The zero-order valence-electron chi connectivity index (χ0n) is 7.91. The first-order valence-electron chi connectivity index (χ1n) is 4.58. The van der Waals surface area contributed by atoms with Gasteiger partial charge in [-0.25, -0.2) is 4.39 Å². The minimum atomic E-state index is -0.369. The molecule has 15 heavy (non-hydrogen) atoms. The number of rotatable bonds is 1. The molecule has 0 radical (unpaired) electrons. The monoisotopic (exact) mass is 272 g/mol. The number of hydrogen-bond acceptors (Lipinski definition) is 2. The highest BCUT2D eigenvalue weighted by Gasteiger charge is 2.28. The lowest BCUT2D eigenvalue weighted by atomic mass is 10.1. The molecule has 1 amide bonds. The summed E-state index contributed by atoms with van der Waals surface area (Å²) in [5.74, 6) is -0.468.